The van der Waals surface area contributed by atoms with Crippen molar-refractivity contribution in [3.8, 4) is 6.07 Å². The molecular weight excluding hydrogens is 218 g/mol. The maximum atomic E-state index is 8.35. The smallest absolute Gasteiger partial charge is 0.0669 e. The van der Waals surface area contributed by atoms with Crippen molar-refractivity contribution in [1.82, 2.24) is 0 Å². The van der Waals surface area contributed by atoms with Gasteiger partial charge in [0.15, 0.2) is 0 Å². The maximum Gasteiger partial charge on any atom is 0.0669 e. The fraction of sp³-hybridized carbons (Fsp3) is 0.765. The summed E-state index contributed by atoms with van der Waals surface area (Å²) in [5.41, 5.74) is 0. The summed E-state index contributed by atoms with van der Waals surface area (Å²) in [7, 11) is 0. The van der Waals surface area contributed by atoms with Crippen molar-refractivity contribution < 1.29 is 0 Å². The highest BCUT2D eigenvalue weighted by molar-refractivity contribution is 4.90. The quantitative estimate of drug-likeness (QED) is 0.274. The largest absolute Gasteiger partial charge is 0.198 e. The predicted octanol–water partition coefficient (Wildman–Crippen LogP) is 5.97. The van der Waals surface area contributed by atoms with E-state index >= 15 is 0 Å². The first-order valence-electron chi connectivity index (χ1n) is 7.74. The maximum absolute atomic E-state index is 8.35. The van der Waals surface area contributed by atoms with Gasteiger partial charge in [-0.25, -0.2) is 0 Å². The summed E-state index contributed by atoms with van der Waals surface area (Å²) in [6, 6.07) is 2.08. The summed E-state index contributed by atoms with van der Waals surface area (Å²) in [5.74, 6) is 0. The molecule has 0 rings (SSSR count). The predicted molar refractivity (Wildman–Crippen MR) is 80.1 cm³/mol. The van der Waals surface area contributed by atoms with Crippen LogP contribution in [0, 0.1) is 17.8 Å². The molecule has 0 saturated heterocycles. The van der Waals surface area contributed by atoms with E-state index in [0.717, 1.165) is 6.42 Å². The van der Waals surface area contributed by atoms with Gasteiger partial charge in [0.05, 0.1) is 12.5 Å². The molecule has 103 valence electrons. The van der Waals surface area contributed by atoms with Gasteiger partial charge in [0.1, 0.15) is 0 Å². The standard InChI is InChI=1S/C17H30N/c1-2-3-4-5-6-7-8-9-10-11-12-13-14-15-16-17-18/h2,16H,1,3-15H2. The molecule has 0 aliphatic carbocycles. The van der Waals surface area contributed by atoms with E-state index in [9.17, 15) is 0 Å². The van der Waals surface area contributed by atoms with Crippen LogP contribution in [0.3, 0.4) is 0 Å². The number of rotatable bonds is 14. The number of unbranched alkanes of at least 4 members (excludes halogenated alkanes) is 13. The Bertz CT molecular complexity index is 202. The number of hydrogen-bond acceptors (Lipinski definition) is 1. The number of nitriles is 1. The van der Waals surface area contributed by atoms with E-state index < -0.39 is 0 Å². The van der Waals surface area contributed by atoms with Crippen LogP contribution in [0.2, 0.25) is 0 Å². The van der Waals surface area contributed by atoms with Gasteiger partial charge in [-0.1, -0.05) is 70.3 Å². The first-order valence-corrected chi connectivity index (χ1v) is 7.74. The molecule has 0 amide bonds. The molecule has 0 atom stereocenters. The second-order valence-electron chi connectivity index (χ2n) is 5.09. The average molecular weight is 248 g/mol. The Morgan fingerprint density at radius 3 is 1.44 bits per heavy atom. The summed E-state index contributed by atoms with van der Waals surface area (Å²) in [4.78, 5) is 0. The zero-order valence-electron chi connectivity index (χ0n) is 12.0. The fourth-order valence-corrected chi connectivity index (χ4v) is 2.19. The first kappa shape index (κ1) is 17.2. The molecule has 1 nitrogen and oxygen atoms in total. The average Bonchev–Trinajstić information content (AvgIpc) is 2.39. The molecule has 0 fully saturated rings. The molecule has 1 heteroatoms. The van der Waals surface area contributed by atoms with E-state index in [0.29, 0.717) is 0 Å². The summed E-state index contributed by atoms with van der Waals surface area (Å²) in [6.45, 7) is 3.74. The van der Waals surface area contributed by atoms with Crippen molar-refractivity contribution in [2.24, 2.45) is 0 Å². The molecule has 1 radical (unpaired) electrons. The SMILES string of the molecule is C=CCCCCCCCCCCCCC[CH]C#N. The van der Waals surface area contributed by atoms with E-state index in [1.165, 1.54) is 77.0 Å². The molecule has 0 saturated carbocycles. The van der Waals surface area contributed by atoms with E-state index in [4.69, 9.17) is 5.26 Å². The minimum Gasteiger partial charge on any atom is -0.198 e. The minimum absolute atomic E-state index is 0.973. The van der Waals surface area contributed by atoms with Crippen molar-refractivity contribution in [3.63, 3.8) is 0 Å². The second kappa shape index (κ2) is 16.2. The van der Waals surface area contributed by atoms with Gasteiger partial charge in [0.2, 0.25) is 0 Å². The normalized spacial score (nSPS) is 10.2. The van der Waals surface area contributed by atoms with Crippen molar-refractivity contribution in [2.75, 3.05) is 0 Å². The summed E-state index contributed by atoms with van der Waals surface area (Å²) in [5, 5.41) is 8.35. The number of nitrogens with zero attached hydrogens (tertiary/aromatic N) is 1. The molecule has 0 unspecified atom stereocenters. The van der Waals surface area contributed by atoms with Crippen LogP contribution in [0.15, 0.2) is 12.7 Å². The van der Waals surface area contributed by atoms with Crippen molar-refractivity contribution in [3.05, 3.63) is 19.1 Å². The Labute approximate surface area is 114 Å². The Balaban J connectivity index is 2.90. The fourth-order valence-electron chi connectivity index (χ4n) is 2.19. The van der Waals surface area contributed by atoms with E-state index in [1.807, 2.05) is 6.08 Å². The van der Waals surface area contributed by atoms with Crippen LogP contribution < -0.4 is 0 Å². The highest BCUT2D eigenvalue weighted by atomic mass is 14.2. The minimum atomic E-state index is 0.973. The highest BCUT2D eigenvalue weighted by Gasteiger charge is 1.93. The van der Waals surface area contributed by atoms with E-state index in [2.05, 4.69) is 12.6 Å². The van der Waals surface area contributed by atoms with Gasteiger partial charge >= 0.3 is 0 Å². The van der Waals surface area contributed by atoms with Crippen molar-refractivity contribution >= 4 is 0 Å². The van der Waals surface area contributed by atoms with Gasteiger partial charge in [0.25, 0.3) is 0 Å². The molecule has 18 heavy (non-hydrogen) atoms. The Kier molecular flexibility index (Phi) is 15.5. The third-order valence-corrected chi connectivity index (χ3v) is 3.35. The summed E-state index contributed by atoms with van der Waals surface area (Å²) >= 11 is 0. The number of allylic oxidation sites excluding steroid dienone is 1. The lowest BCUT2D eigenvalue weighted by atomic mass is 10.0. The molecule has 0 heterocycles. The lowest BCUT2D eigenvalue weighted by Gasteiger charge is -2.02. The van der Waals surface area contributed by atoms with Crippen LogP contribution in [0.25, 0.3) is 0 Å². The first-order chi connectivity index (χ1) is 8.91. The molecule has 0 spiro atoms. The Morgan fingerprint density at radius 1 is 0.667 bits per heavy atom. The van der Waals surface area contributed by atoms with Crippen LogP contribution in [0.5, 0.6) is 0 Å². The van der Waals surface area contributed by atoms with Crippen molar-refractivity contribution in [2.45, 2.75) is 83.5 Å². The highest BCUT2D eigenvalue weighted by Crippen LogP contribution is 2.12. The van der Waals surface area contributed by atoms with Crippen LogP contribution in [0.1, 0.15) is 83.5 Å². The molecule has 0 aromatic rings. The zero-order valence-corrected chi connectivity index (χ0v) is 12.0. The van der Waals surface area contributed by atoms with Crippen LogP contribution in [-0.2, 0) is 0 Å². The number of hydrogen-bond donors (Lipinski definition) is 0. The molecule has 0 bridgehead atoms. The third-order valence-electron chi connectivity index (χ3n) is 3.35. The van der Waals surface area contributed by atoms with Gasteiger partial charge in [0, 0.05) is 0 Å². The molecular formula is C17H30N. The second-order valence-corrected chi connectivity index (χ2v) is 5.09. The summed E-state index contributed by atoms with van der Waals surface area (Å²) in [6.07, 6.45) is 20.8. The molecule has 0 aliphatic rings. The van der Waals surface area contributed by atoms with Crippen LogP contribution >= 0.6 is 0 Å². The third kappa shape index (κ3) is 15.2. The van der Waals surface area contributed by atoms with Gasteiger partial charge in [-0.15, -0.1) is 6.58 Å². The van der Waals surface area contributed by atoms with Gasteiger partial charge < -0.3 is 0 Å². The van der Waals surface area contributed by atoms with Gasteiger partial charge in [-0.2, -0.15) is 5.26 Å². The molecule has 0 N–H and O–H groups in total. The monoisotopic (exact) mass is 248 g/mol. The lowest BCUT2D eigenvalue weighted by molar-refractivity contribution is 0.546. The summed E-state index contributed by atoms with van der Waals surface area (Å²) < 4.78 is 0. The van der Waals surface area contributed by atoms with Gasteiger partial charge in [-0.3, -0.25) is 0 Å². The Morgan fingerprint density at radius 2 is 1.06 bits per heavy atom. The molecule has 0 aliphatic heterocycles. The van der Waals surface area contributed by atoms with E-state index in [-0.39, 0.29) is 0 Å². The van der Waals surface area contributed by atoms with Crippen LogP contribution in [0.4, 0.5) is 0 Å². The zero-order chi connectivity index (χ0) is 13.3. The van der Waals surface area contributed by atoms with Crippen LogP contribution in [-0.4, -0.2) is 0 Å². The molecule has 0 aromatic heterocycles. The topological polar surface area (TPSA) is 23.8 Å². The molecule has 0 aromatic carbocycles. The van der Waals surface area contributed by atoms with E-state index in [1.54, 1.807) is 6.42 Å². The Hall–Kier alpha value is -0.770. The van der Waals surface area contributed by atoms with Gasteiger partial charge in [-0.05, 0) is 19.3 Å². The van der Waals surface area contributed by atoms with Crippen molar-refractivity contribution in [1.29, 1.82) is 5.26 Å². The lowest BCUT2D eigenvalue weighted by Crippen LogP contribution is -1.83.